The summed E-state index contributed by atoms with van der Waals surface area (Å²) in [4.78, 5) is 25.0. The van der Waals surface area contributed by atoms with Crippen molar-refractivity contribution in [1.82, 2.24) is 10.6 Å². The van der Waals surface area contributed by atoms with Crippen LogP contribution in [0.5, 0.6) is 11.5 Å². The van der Waals surface area contributed by atoms with Crippen molar-refractivity contribution in [2.75, 3.05) is 6.79 Å². The van der Waals surface area contributed by atoms with Crippen molar-refractivity contribution in [2.24, 2.45) is 5.92 Å². The van der Waals surface area contributed by atoms with E-state index in [0.717, 1.165) is 5.56 Å². The molecule has 0 spiro atoms. The highest BCUT2D eigenvalue weighted by molar-refractivity contribution is 6.30. The molecule has 1 heterocycles. The summed E-state index contributed by atoms with van der Waals surface area (Å²) in [5.74, 6) is 0.727. The van der Waals surface area contributed by atoms with Gasteiger partial charge in [-0.05, 0) is 47.9 Å². The number of nitrogens with one attached hydrogen (secondary N) is 2. The molecule has 7 heteroatoms. The molecule has 1 aliphatic rings. The van der Waals surface area contributed by atoms with E-state index < -0.39 is 6.04 Å². The Labute approximate surface area is 162 Å². The van der Waals surface area contributed by atoms with Gasteiger partial charge >= 0.3 is 0 Å². The number of amides is 2. The average molecular weight is 389 g/mol. The van der Waals surface area contributed by atoms with E-state index in [9.17, 15) is 9.59 Å². The molecule has 1 aliphatic heterocycles. The fourth-order valence-electron chi connectivity index (χ4n) is 2.71. The number of ether oxygens (including phenoxy) is 2. The molecule has 0 radical (unpaired) electrons. The van der Waals surface area contributed by atoms with E-state index in [1.54, 1.807) is 24.3 Å². The second-order valence-electron chi connectivity index (χ2n) is 6.61. The minimum atomic E-state index is -0.651. The first kappa shape index (κ1) is 19.0. The fraction of sp³-hybridized carbons (Fsp3) is 0.300. The molecule has 2 N–H and O–H groups in total. The van der Waals surface area contributed by atoms with Gasteiger partial charge in [-0.2, -0.15) is 0 Å². The molecule has 0 aromatic heterocycles. The highest BCUT2D eigenvalue weighted by Gasteiger charge is 2.24. The SMILES string of the molecule is CC(C)[C@H](NC(=O)c1ccc(Cl)cc1)C(=O)NCc1ccc2c(c1)OCO2. The van der Waals surface area contributed by atoms with Gasteiger partial charge in [0, 0.05) is 17.1 Å². The van der Waals surface area contributed by atoms with Crippen molar-refractivity contribution in [3.63, 3.8) is 0 Å². The van der Waals surface area contributed by atoms with Crippen molar-refractivity contribution in [2.45, 2.75) is 26.4 Å². The van der Waals surface area contributed by atoms with Gasteiger partial charge in [-0.25, -0.2) is 0 Å². The van der Waals surface area contributed by atoms with Gasteiger partial charge in [0.05, 0.1) is 0 Å². The minimum absolute atomic E-state index is 0.0713. The van der Waals surface area contributed by atoms with E-state index in [2.05, 4.69) is 10.6 Å². The Bertz CT molecular complexity index is 836. The molecule has 2 aromatic rings. The molecule has 3 rings (SSSR count). The van der Waals surface area contributed by atoms with Gasteiger partial charge in [-0.3, -0.25) is 9.59 Å². The smallest absolute Gasteiger partial charge is 0.251 e. The van der Waals surface area contributed by atoms with Crippen LogP contribution in [0.2, 0.25) is 5.02 Å². The standard InChI is InChI=1S/C20H21ClN2O4/c1-12(2)18(23-19(24)14-4-6-15(21)7-5-14)20(25)22-10-13-3-8-16-17(9-13)27-11-26-16/h3-9,12,18H,10-11H2,1-2H3,(H,22,25)(H,23,24)/t18-/m0/s1. The Morgan fingerprint density at radius 2 is 1.78 bits per heavy atom. The Kier molecular flexibility index (Phi) is 5.86. The average Bonchev–Trinajstić information content (AvgIpc) is 3.12. The summed E-state index contributed by atoms with van der Waals surface area (Å²) in [7, 11) is 0. The predicted octanol–water partition coefficient (Wildman–Crippen LogP) is 3.14. The molecule has 0 unspecified atom stereocenters. The van der Waals surface area contributed by atoms with Crippen LogP contribution in [-0.4, -0.2) is 24.6 Å². The Balaban J connectivity index is 1.61. The molecular formula is C20H21ClN2O4. The van der Waals surface area contributed by atoms with Crippen LogP contribution in [0.4, 0.5) is 0 Å². The highest BCUT2D eigenvalue weighted by Crippen LogP contribution is 2.32. The lowest BCUT2D eigenvalue weighted by Crippen LogP contribution is -2.49. The van der Waals surface area contributed by atoms with Crippen molar-refractivity contribution in [1.29, 1.82) is 0 Å². The molecule has 6 nitrogen and oxygen atoms in total. The quantitative estimate of drug-likeness (QED) is 0.797. The first-order valence-corrected chi connectivity index (χ1v) is 9.04. The summed E-state index contributed by atoms with van der Waals surface area (Å²) < 4.78 is 10.6. The first-order valence-electron chi connectivity index (χ1n) is 8.66. The molecule has 2 aromatic carbocycles. The zero-order valence-corrected chi connectivity index (χ0v) is 15.9. The lowest BCUT2D eigenvalue weighted by atomic mass is 10.0. The monoisotopic (exact) mass is 388 g/mol. The van der Waals surface area contributed by atoms with Crippen LogP contribution in [0.15, 0.2) is 42.5 Å². The molecule has 27 heavy (non-hydrogen) atoms. The van der Waals surface area contributed by atoms with E-state index in [-0.39, 0.29) is 24.5 Å². The molecule has 0 saturated heterocycles. The number of hydrogen-bond donors (Lipinski definition) is 2. The van der Waals surface area contributed by atoms with Crippen LogP contribution in [0.3, 0.4) is 0 Å². The minimum Gasteiger partial charge on any atom is -0.454 e. The first-order chi connectivity index (χ1) is 12.9. The number of carbonyl (C=O) groups is 2. The van der Waals surface area contributed by atoms with Crippen LogP contribution in [0.25, 0.3) is 0 Å². The van der Waals surface area contributed by atoms with E-state index in [0.29, 0.717) is 28.6 Å². The topological polar surface area (TPSA) is 76.7 Å². The van der Waals surface area contributed by atoms with Gasteiger partial charge in [-0.15, -0.1) is 0 Å². The number of hydrogen-bond acceptors (Lipinski definition) is 4. The maximum Gasteiger partial charge on any atom is 0.251 e. The second-order valence-corrected chi connectivity index (χ2v) is 7.04. The van der Waals surface area contributed by atoms with Gasteiger partial charge in [0.15, 0.2) is 11.5 Å². The fourth-order valence-corrected chi connectivity index (χ4v) is 2.84. The van der Waals surface area contributed by atoms with Crippen LogP contribution in [-0.2, 0) is 11.3 Å². The summed E-state index contributed by atoms with van der Waals surface area (Å²) >= 11 is 5.85. The predicted molar refractivity (Wildman–Crippen MR) is 102 cm³/mol. The van der Waals surface area contributed by atoms with Crippen LogP contribution < -0.4 is 20.1 Å². The molecular weight excluding hydrogens is 368 g/mol. The largest absolute Gasteiger partial charge is 0.454 e. The number of carbonyl (C=O) groups excluding carboxylic acids is 2. The van der Waals surface area contributed by atoms with Crippen LogP contribution in [0, 0.1) is 5.92 Å². The summed E-state index contributed by atoms with van der Waals surface area (Å²) in [6.45, 7) is 4.30. The van der Waals surface area contributed by atoms with Crippen LogP contribution >= 0.6 is 11.6 Å². The second kappa shape index (κ2) is 8.31. The zero-order chi connectivity index (χ0) is 19.4. The van der Waals surface area contributed by atoms with Crippen molar-refractivity contribution < 1.29 is 19.1 Å². The maximum absolute atomic E-state index is 12.6. The van der Waals surface area contributed by atoms with Gasteiger partial charge in [-0.1, -0.05) is 31.5 Å². The highest BCUT2D eigenvalue weighted by atomic mass is 35.5. The molecule has 142 valence electrons. The van der Waals surface area contributed by atoms with E-state index in [1.165, 1.54) is 0 Å². The number of fused-ring (bicyclic) bond motifs is 1. The molecule has 0 saturated carbocycles. The number of benzene rings is 2. The summed E-state index contributed by atoms with van der Waals surface area (Å²) in [5.41, 5.74) is 1.34. The molecule has 0 bridgehead atoms. The van der Waals surface area contributed by atoms with E-state index >= 15 is 0 Å². The van der Waals surface area contributed by atoms with Crippen molar-refractivity contribution >= 4 is 23.4 Å². The third kappa shape index (κ3) is 4.71. The van der Waals surface area contributed by atoms with Crippen LogP contribution in [0.1, 0.15) is 29.8 Å². The van der Waals surface area contributed by atoms with Gasteiger partial charge < -0.3 is 20.1 Å². The lowest BCUT2D eigenvalue weighted by molar-refractivity contribution is -0.124. The van der Waals surface area contributed by atoms with Gasteiger partial charge in [0.2, 0.25) is 12.7 Å². The zero-order valence-electron chi connectivity index (χ0n) is 15.1. The molecule has 2 amide bonds. The third-order valence-corrected chi connectivity index (χ3v) is 4.50. The van der Waals surface area contributed by atoms with Gasteiger partial charge in [0.25, 0.3) is 5.91 Å². The van der Waals surface area contributed by atoms with Crippen molar-refractivity contribution in [3.8, 4) is 11.5 Å². The maximum atomic E-state index is 12.6. The Hall–Kier alpha value is -2.73. The Morgan fingerprint density at radius 1 is 1.07 bits per heavy atom. The molecule has 0 fully saturated rings. The number of rotatable bonds is 6. The Morgan fingerprint density at radius 3 is 2.48 bits per heavy atom. The summed E-state index contributed by atoms with van der Waals surface area (Å²) in [5, 5.41) is 6.21. The normalized spacial score (nSPS) is 13.3. The van der Waals surface area contributed by atoms with Crippen molar-refractivity contribution in [3.05, 3.63) is 58.6 Å². The molecule has 1 atom stereocenters. The molecule has 0 aliphatic carbocycles. The van der Waals surface area contributed by atoms with Gasteiger partial charge in [0.1, 0.15) is 6.04 Å². The number of halogens is 1. The summed E-state index contributed by atoms with van der Waals surface area (Å²) in [6.07, 6.45) is 0. The lowest BCUT2D eigenvalue weighted by Gasteiger charge is -2.22. The van der Waals surface area contributed by atoms with E-state index in [4.69, 9.17) is 21.1 Å². The third-order valence-electron chi connectivity index (χ3n) is 4.25. The summed E-state index contributed by atoms with van der Waals surface area (Å²) in [6, 6.07) is 11.4. The van der Waals surface area contributed by atoms with E-state index in [1.807, 2.05) is 32.0 Å².